The molecule has 1 saturated heterocycles. The smallest absolute Gasteiger partial charge is 0.0611 e. The normalized spacial score (nSPS) is 28.8. The molecule has 0 spiro atoms. The van der Waals surface area contributed by atoms with E-state index in [9.17, 15) is 5.11 Å². The van der Waals surface area contributed by atoms with Gasteiger partial charge in [0.1, 0.15) is 0 Å². The number of hydrogen-bond donors (Lipinski definition) is 2. The minimum absolute atomic E-state index is 0.131. The number of nitrogens with zero attached hydrogens (tertiary/aromatic N) is 2. The lowest BCUT2D eigenvalue weighted by Crippen LogP contribution is -2.47. The van der Waals surface area contributed by atoms with Crippen LogP contribution in [0, 0.1) is 5.92 Å². The van der Waals surface area contributed by atoms with Crippen LogP contribution >= 0.6 is 0 Å². The Morgan fingerprint density at radius 1 is 1.39 bits per heavy atom. The van der Waals surface area contributed by atoms with Gasteiger partial charge in [-0.3, -0.25) is 0 Å². The van der Waals surface area contributed by atoms with Crippen LogP contribution in [0.5, 0.6) is 0 Å². The predicted molar refractivity (Wildman–Crippen MR) is 76.9 cm³/mol. The second-order valence-corrected chi connectivity index (χ2v) is 6.27. The monoisotopic (exact) mass is 257 g/mol. The first-order chi connectivity index (χ1) is 8.41. The Balaban J connectivity index is 2.41. The summed E-state index contributed by atoms with van der Waals surface area (Å²) < 4.78 is 0. The van der Waals surface area contributed by atoms with E-state index in [1.54, 1.807) is 0 Å². The second-order valence-electron chi connectivity index (χ2n) is 6.27. The van der Waals surface area contributed by atoms with E-state index in [-0.39, 0.29) is 12.1 Å². The second kappa shape index (κ2) is 6.85. The summed E-state index contributed by atoms with van der Waals surface area (Å²) >= 11 is 0. The highest BCUT2D eigenvalue weighted by molar-refractivity contribution is 4.89. The molecule has 108 valence electrons. The zero-order valence-corrected chi connectivity index (χ0v) is 12.7. The Morgan fingerprint density at radius 3 is 2.50 bits per heavy atom. The Bertz CT molecular complexity index is 247. The molecular formula is C14H31N3O. The van der Waals surface area contributed by atoms with Gasteiger partial charge < -0.3 is 20.2 Å². The van der Waals surface area contributed by atoms with Gasteiger partial charge in [0, 0.05) is 31.2 Å². The molecule has 0 aromatic heterocycles. The standard InChI is InChI=1S/C14H31N3O/c1-6-15-14(3,11-18)7-8-17-9-12(2)13(10-17)16(4)5/h12-13,15,18H,6-11H2,1-5H3. The zero-order valence-electron chi connectivity index (χ0n) is 12.7. The first-order valence-corrected chi connectivity index (χ1v) is 7.16. The van der Waals surface area contributed by atoms with Gasteiger partial charge in [0.2, 0.25) is 0 Å². The molecule has 4 nitrogen and oxygen atoms in total. The lowest BCUT2D eigenvalue weighted by molar-refractivity contribution is 0.151. The molecule has 0 aromatic carbocycles. The average molecular weight is 257 g/mol. The van der Waals surface area contributed by atoms with Gasteiger partial charge in [0.05, 0.1) is 6.61 Å². The van der Waals surface area contributed by atoms with Crippen molar-refractivity contribution < 1.29 is 5.11 Å². The number of nitrogens with one attached hydrogen (secondary N) is 1. The van der Waals surface area contributed by atoms with Crippen LogP contribution in [-0.2, 0) is 0 Å². The van der Waals surface area contributed by atoms with Crippen LogP contribution in [0.1, 0.15) is 27.2 Å². The van der Waals surface area contributed by atoms with Crippen LogP contribution in [0.4, 0.5) is 0 Å². The van der Waals surface area contributed by atoms with E-state index >= 15 is 0 Å². The Hall–Kier alpha value is -0.160. The van der Waals surface area contributed by atoms with E-state index in [1.165, 1.54) is 6.54 Å². The predicted octanol–water partition coefficient (Wildman–Crippen LogP) is 0.619. The summed E-state index contributed by atoms with van der Waals surface area (Å²) in [7, 11) is 4.34. The maximum atomic E-state index is 9.49. The molecule has 0 amide bonds. The van der Waals surface area contributed by atoms with Gasteiger partial charge in [0.15, 0.2) is 0 Å². The summed E-state index contributed by atoms with van der Waals surface area (Å²) in [6.07, 6.45) is 1.00. The van der Waals surface area contributed by atoms with Crippen molar-refractivity contribution in [1.29, 1.82) is 0 Å². The largest absolute Gasteiger partial charge is 0.394 e. The number of rotatable bonds is 7. The van der Waals surface area contributed by atoms with Gasteiger partial charge in [0.25, 0.3) is 0 Å². The van der Waals surface area contributed by atoms with Crippen molar-refractivity contribution in [2.45, 2.75) is 38.8 Å². The molecule has 3 unspecified atom stereocenters. The molecule has 0 bridgehead atoms. The van der Waals surface area contributed by atoms with Crippen molar-refractivity contribution in [3.8, 4) is 0 Å². The van der Waals surface area contributed by atoms with Gasteiger partial charge in [-0.1, -0.05) is 13.8 Å². The first-order valence-electron chi connectivity index (χ1n) is 7.16. The molecule has 0 radical (unpaired) electrons. The first kappa shape index (κ1) is 15.9. The fourth-order valence-electron chi connectivity index (χ4n) is 2.96. The van der Waals surface area contributed by atoms with Crippen LogP contribution in [0.15, 0.2) is 0 Å². The van der Waals surface area contributed by atoms with E-state index in [1.807, 2.05) is 0 Å². The van der Waals surface area contributed by atoms with Crippen LogP contribution in [0.3, 0.4) is 0 Å². The number of hydrogen-bond acceptors (Lipinski definition) is 4. The van der Waals surface area contributed by atoms with Crippen LogP contribution in [-0.4, -0.2) is 73.4 Å². The van der Waals surface area contributed by atoms with Gasteiger partial charge in [-0.05, 0) is 39.9 Å². The molecule has 1 aliphatic heterocycles. The summed E-state index contributed by atoms with van der Waals surface area (Å²) in [5, 5.41) is 12.9. The lowest BCUT2D eigenvalue weighted by Gasteiger charge is -2.30. The Kier molecular flexibility index (Phi) is 6.05. The maximum Gasteiger partial charge on any atom is 0.0611 e. The third kappa shape index (κ3) is 4.19. The highest BCUT2D eigenvalue weighted by Crippen LogP contribution is 2.21. The summed E-state index contributed by atoms with van der Waals surface area (Å²) in [5.74, 6) is 0.736. The molecule has 0 aliphatic carbocycles. The Labute approximate surface area is 112 Å². The minimum Gasteiger partial charge on any atom is -0.394 e. The fraction of sp³-hybridized carbons (Fsp3) is 1.00. The van der Waals surface area contributed by atoms with Gasteiger partial charge >= 0.3 is 0 Å². The van der Waals surface area contributed by atoms with Crippen molar-refractivity contribution in [3.63, 3.8) is 0 Å². The quantitative estimate of drug-likeness (QED) is 0.701. The third-order valence-corrected chi connectivity index (χ3v) is 4.24. The van der Waals surface area contributed by atoms with Crippen LogP contribution < -0.4 is 5.32 Å². The minimum atomic E-state index is -0.131. The summed E-state index contributed by atoms with van der Waals surface area (Å²) in [4.78, 5) is 4.86. The van der Waals surface area contributed by atoms with Gasteiger partial charge in [-0.15, -0.1) is 0 Å². The SMILES string of the molecule is CCNC(C)(CO)CCN1CC(C)C(N(C)C)C1. The van der Waals surface area contributed by atoms with E-state index < -0.39 is 0 Å². The number of likely N-dealkylation sites (tertiary alicyclic amines) is 1. The Morgan fingerprint density at radius 2 is 2.06 bits per heavy atom. The molecule has 1 aliphatic rings. The van der Waals surface area contributed by atoms with Crippen molar-refractivity contribution >= 4 is 0 Å². The van der Waals surface area contributed by atoms with Crippen molar-refractivity contribution in [1.82, 2.24) is 15.1 Å². The average Bonchev–Trinajstić information content (AvgIpc) is 2.69. The van der Waals surface area contributed by atoms with Gasteiger partial charge in [-0.2, -0.15) is 0 Å². The molecule has 1 rings (SSSR count). The topological polar surface area (TPSA) is 38.7 Å². The summed E-state index contributed by atoms with van der Waals surface area (Å²) in [6, 6.07) is 0.671. The zero-order chi connectivity index (χ0) is 13.8. The van der Waals surface area contributed by atoms with Crippen molar-refractivity contribution in [3.05, 3.63) is 0 Å². The molecular weight excluding hydrogens is 226 g/mol. The number of aliphatic hydroxyl groups is 1. The molecule has 4 heteroatoms. The van der Waals surface area contributed by atoms with Crippen molar-refractivity contribution in [2.75, 3.05) is 46.9 Å². The van der Waals surface area contributed by atoms with E-state index in [2.05, 4.69) is 50.0 Å². The third-order valence-electron chi connectivity index (χ3n) is 4.24. The molecule has 2 N–H and O–H groups in total. The summed E-state index contributed by atoms with van der Waals surface area (Å²) in [6.45, 7) is 11.1. The van der Waals surface area contributed by atoms with E-state index in [0.717, 1.165) is 32.0 Å². The highest BCUT2D eigenvalue weighted by Gasteiger charge is 2.32. The van der Waals surface area contributed by atoms with E-state index in [0.29, 0.717) is 6.04 Å². The number of aliphatic hydroxyl groups excluding tert-OH is 1. The van der Waals surface area contributed by atoms with Crippen LogP contribution in [0.2, 0.25) is 0 Å². The maximum absolute atomic E-state index is 9.49. The molecule has 1 heterocycles. The highest BCUT2D eigenvalue weighted by atomic mass is 16.3. The lowest BCUT2D eigenvalue weighted by atomic mass is 9.98. The summed E-state index contributed by atoms with van der Waals surface area (Å²) in [5.41, 5.74) is -0.131. The molecule has 18 heavy (non-hydrogen) atoms. The molecule has 3 atom stereocenters. The van der Waals surface area contributed by atoms with Crippen molar-refractivity contribution in [2.24, 2.45) is 5.92 Å². The van der Waals surface area contributed by atoms with Crippen LogP contribution in [0.25, 0.3) is 0 Å². The molecule has 0 saturated carbocycles. The van der Waals surface area contributed by atoms with Gasteiger partial charge in [-0.25, -0.2) is 0 Å². The fourth-order valence-corrected chi connectivity index (χ4v) is 2.96. The molecule has 1 fully saturated rings. The molecule has 0 aromatic rings. The van der Waals surface area contributed by atoms with E-state index in [4.69, 9.17) is 0 Å². The number of likely N-dealkylation sites (N-methyl/N-ethyl adjacent to an activating group) is 2.